The van der Waals surface area contributed by atoms with Gasteiger partial charge in [0.2, 0.25) is 0 Å². The maximum atomic E-state index is 6.27. The highest BCUT2D eigenvalue weighted by Crippen LogP contribution is 2.41. The third kappa shape index (κ3) is 6.55. The standard InChI is InChI=1S/C60H40N2O/c1-3-14-41(15-4-1)43-26-31-49(32-27-43)61(50-33-28-44(29-34-50)42-16-5-2-6-17-42)51-19-13-18-45(37-51)47-36-48(46-30-35-60-56(40-46)55-22-9-12-25-59(55)63-60)39-52(38-47)62-57-23-10-7-20-53(57)54-21-8-11-24-58(54)62/h1-40H. The third-order valence-electron chi connectivity index (χ3n) is 12.4. The van der Waals surface area contributed by atoms with Crippen LogP contribution in [0.25, 0.3) is 93.9 Å². The SMILES string of the molecule is c1ccc(-c2ccc(N(c3ccc(-c4ccccc4)cc3)c3cccc(-c4cc(-c5ccc6oc7ccccc7c6c5)cc(-n5c6ccccc6c6ccccc65)c4)c3)cc2)cc1. The first kappa shape index (κ1) is 36.5. The van der Waals surface area contributed by atoms with E-state index in [-0.39, 0.29) is 0 Å². The molecule has 0 bridgehead atoms. The van der Waals surface area contributed by atoms with Gasteiger partial charge in [0, 0.05) is 44.3 Å². The number of anilines is 3. The van der Waals surface area contributed by atoms with E-state index in [0.717, 1.165) is 66.9 Å². The summed E-state index contributed by atoms with van der Waals surface area (Å²) in [7, 11) is 0. The lowest BCUT2D eigenvalue weighted by molar-refractivity contribution is 0.669. The molecule has 0 aliphatic carbocycles. The van der Waals surface area contributed by atoms with Crippen molar-refractivity contribution in [2.75, 3.05) is 4.90 Å². The second-order valence-corrected chi connectivity index (χ2v) is 16.2. The number of hydrogen-bond donors (Lipinski definition) is 0. The minimum absolute atomic E-state index is 0.889. The Morgan fingerprint density at radius 2 is 0.730 bits per heavy atom. The fraction of sp³-hybridized carbons (Fsp3) is 0. The monoisotopic (exact) mass is 804 g/mol. The van der Waals surface area contributed by atoms with Crippen LogP contribution in [0.1, 0.15) is 0 Å². The number of furan rings is 1. The van der Waals surface area contributed by atoms with Gasteiger partial charge in [0.15, 0.2) is 0 Å². The molecule has 0 radical (unpaired) electrons. The van der Waals surface area contributed by atoms with Crippen LogP contribution in [-0.2, 0) is 0 Å². The van der Waals surface area contributed by atoms with Gasteiger partial charge in [0.25, 0.3) is 0 Å². The largest absolute Gasteiger partial charge is 0.456 e. The Balaban J connectivity index is 1.03. The second kappa shape index (κ2) is 15.3. The van der Waals surface area contributed by atoms with Crippen molar-refractivity contribution in [2.45, 2.75) is 0 Å². The average molecular weight is 805 g/mol. The smallest absolute Gasteiger partial charge is 0.135 e. The van der Waals surface area contributed by atoms with E-state index in [1.807, 2.05) is 12.1 Å². The van der Waals surface area contributed by atoms with Crippen LogP contribution in [0.4, 0.5) is 17.1 Å². The average Bonchev–Trinajstić information content (AvgIpc) is 3.91. The highest BCUT2D eigenvalue weighted by molar-refractivity contribution is 6.10. The van der Waals surface area contributed by atoms with Gasteiger partial charge in [0.05, 0.1) is 11.0 Å². The molecule has 2 aromatic heterocycles. The predicted octanol–water partition coefficient (Wildman–Crippen LogP) is 16.8. The Hall–Kier alpha value is -8.40. The summed E-state index contributed by atoms with van der Waals surface area (Å²) in [6.07, 6.45) is 0. The van der Waals surface area contributed by atoms with E-state index in [9.17, 15) is 0 Å². The lowest BCUT2D eigenvalue weighted by Gasteiger charge is -2.26. The first-order chi connectivity index (χ1) is 31.2. The number of fused-ring (bicyclic) bond motifs is 6. The summed E-state index contributed by atoms with van der Waals surface area (Å²) < 4.78 is 8.69. The summed E-state index contributed by atoms with van der Waals surface area (Å²) >= 11 is 0. The van der Waals surface area contributed by atoms with Gasteiger partial charge in [-0.05, 0) is 129 Å². The zero-order valence-electron chi connectivity index (χ0n) is 34.4. The summed E-state index contributed by atoms with van der Waals surface area (Å²) in [6.45, 7) is 0. The van der Waals surface area contributed by atoms with Crippen molar-refractivity contribution in [1.29, 1.82) is 0 Å². The van der Waals surface area contributed by atoms with Crippen LogP contribution >= 0.6 is 0 Å². The molecule has 0 saturated carbocycles. The molecular weight excluding hydrogens is 765 g/mol. The van der Waals surface area contributed by atoms with Crippen molar-refractivity contribution in [2.24, 2.45) is 0 Å². The van der Waals surface area contributed by atoms with Crippen LogP contribution in [0.5, 0.6) is 0 Å². The molecule has 12 rings (SSSR count). The van der Waals surface area contributed by atoms with Crippen LogP contribution in [0.2, 0.25) is 0 Å². The topological polar surface area (TPSA) is 21.3 Å². The van der Waals surface area contributed by atoms with E-state index in [1.54, 1.807) is 0 Å². The summed E-state index contributed by atoms with van der Waals surface area (Å²) in [5, 5.41) is 4.71. The lowest BCUT2D eigenvalue weighted by Crippen LogP contribution is -2.10. The first-order valence-electron chi connectivity index (χ1n) is 21.5. The Bertz CT molecular complexity index is 3470. The van der Waals surface area contributed by atoms with E-state index < -0.39 is 0 Å². The second-order valence-electron chi connectivity index (χ2n) is 16.2. The highest BCUT2D eigenvalue weighted by Gasteiger charge is 2.18. The van der Waals surface area contributed by atoms with Crippen LogP contribution in [0.15, 0.2) is 247 Å². The van der Waals surface area contributed by atoms with Gasteiger partial charge in [-0.1, -0.05) is 158 Å². The molecule has 0 N–H and O–H groups in total. The number of rotatable bonds is 8. The van der Waals surface area contributed by atoms with Crippen molar-refractivity contribution in [3.05, 3.63) is 243 Å². The quantitative estimate of drug-likeness (QED) is 0.153. The molecule has 0 unspecified atom stereocenters. The van der Waals surface area contributed by atoms with E-state index in [1.165, 1.54) is 44.1 Å². The van der Waals surface area contributed by atoms with Crippen molar-refractivity contribution >= 4 is 60.8 Å². The van der Waals surface area contributed by atoms with Crippen molar-refractivity contribution in [3.63, 3.8) is 0 Å². The molecule has 0 spiro atoms. The molecule has 296 valence electrons. The number of para-hydroxylation sites is 3. The number of hydrogen-bond acceptors (Lipinski definition) is 2. The maximum absolute atomic E-state index is 6.27. The molecule has 0 fully saturated rings. The van der Waals surface area contributed by atoms with E-state index in [2.05, 4.69) is 240 Å². The Morgan fingerprint density at radius 1 is 0.270 bits per heavy atom. The number of nitrogens with zero attached hydrogens (tertiary/aromatic N) is 2. The number of benzene rings is 10. The molecule has 0 amide bonds. The van der Waals surface area contributed by atoms with Crippen molar-refractivity contribution < 1.29 is 4.42 Å². The molecule has 3 nitrogen and oxygen atoms in total. The highest BCUT2D eigenvalue weighted by atomic mass is 16.3. The normalized spacial score (nSPS) is 11.5. The fourth-order valence-electron chi connectivity index (χ4n) is 9.32. The molecule has 0 aliphatic rings. The molecule has 2 heterocycles. The molecule has 0 aliphatic heterocycles. The minimum Gasteiger partial charge on any atom is -0.456 e. The third-order valence-corrected chi connectivity index (χ3v) is 12.4. The molecule has 3 heteroatoms. The van der Waals surface area contributed by atoms with Gasteiger partial charge in [-0.2, -0.15) is 0 Å². The van der Waals surface area contributed by atoms with Gasteiger partial charge >= 0.3 is 0 Å². The maximum Gasteiger partial charge on any atom is 0.135 e. The molecule has 0 saturated heterocycles. The molecular formula is C60H40N2O. The molecule has 63 heavy (non-hydrogen) atoms. The van der Waals surface area contributed by atoms with Crippen molar-refractivity contribution in [3.8, 4) is 50.2 Å². The van der Waals surface area contributed by atoms with Crippen molar-refractivity contribution in [1.82, 2.24) is 4.57 Å². The Kier molecular flexibility index (Phi) is 8.83. The van der Waals surface area contributed by atoms with Gasteiger partial charge < -0.3 is 13.9 Å². The van der Waals surface area contributed by atoms with Gasteiger partial charge in [-0.3, -0.25) is 0 Å². The van der Waals surface area contributed by atoms with E-state index >= 15 is 0 Å². The van der Waals surface area contributed by atoms with Crippen LogP contribution < -0.4 is 4.90 Å². The van der Waals surface area contributed by atoms with Gasteiger partial charge in [-0.15, -0.1) is 0 Å². The van der Waals surface area contributed by atoms with Gasteiger partial charge in [-0.25, -0.2) is 0 Å². The zero-order valence-corrected chi connectivity index (χ0v) is 34.4. The van der Waals surface area contributed by atoms with Crippen LogP contribution in [-0.4, -0.2) is 4.57 Å². The fourth-order valence-corrected chi connectivity index (χ4v) is 9.32. The first-order valence-corrected chi connectivity index (χ1v) is 21.5. The Labute approximate surface area is 366 Å². The van der Waals surface area contributed by atoms with Gasteiger partial charge in [0.1, 0.15) is 11.2 Å². The molecule has 12 aromatic rings. The zero-order chi connectivity index (χ0) is 41.7. The van der Waals surface area contributed by atoms with Crippen LogP contribution in [0.3, 0.4) is 0 Å². The van der Waals surface area contributed by atoms with E-state index in [0.29, 0.717) is 0 Å². The summed E-state index contributed by atoms with van der Waals surface area (Å²) in [4.78, 5) is 2.36. The summed E-state index contributed by atoms with van der Waals surface area (Å²) in [6, 6.07) is 87.3. The number of aromatic nitrogens is 1. The summed E-state index contributed by atoms with van der Waals surface area (Å²) in [5.74, 6) is 0. The Morgan fingerprint density at radius 3 is 1.33 bits per heavy atom. The summed E-state index contributed by atoms with van der Waals surface area (Å²) in [5.41, 5.74) is 17.8. The predicted molar refractivity (Wildman–Crippen MR) is 264 cm³/mol. The minimum atomic E-state index is 0.889. The van der Waals surface area contributed by atoms with E-state index in [4.69, 9.17) is 4.42 Å². The lowest BCUT2D eigenvalue weighted by atomic mass is 9.96. The molecule has 10 aromatic carbocycles. The van der Waals surface area contributed by atoms with Crippen LogP contribution in [0, 0.1) is 0 Å². The molecule has 0 atom stereocenters.